The third-order valence-corrected chi connectivity index (χ3v) is 5.83. The fourth-order valence-corrected chi connectivity index (χ4v) is 4.36. The molecule has 1 spiro atoms. The Morgan fingerprint density at radius 2 is 2.16 bits per heavy atom. The third-order valence-electron chi connectivity index (χ3n) is 5.48. The number of piperidine rings is 1. The molecule has 0 radical (unpaired) electrons. The van der Waals surface area contributed by atoms with Crippen molar-refractivity contribution < 1.29 is 31.7 Å². The smallest absolute Gasteiger partial charge is 0.314 e. The van der Waals surface area contributed by atoms with Gasteiger partial charge in [-0.3, -0.25) is 14.2 Å². The minimum atomic E-state index is -4.81. The van der Waals surface area contributed by atoms with Crippen LogP contribution in [0, 0.1) is 5.41 Å². The quantitative estimate of drug-likeness (QED) is 0.401. The van der Waals surface area contributed by atoms with Crippen molar-refractivity contribution >= 4 is 22.3 Å². The molecule has 4 rings (SSSR count). The maximum atomic E-state index is 12.5. The standard InChI is InChI=1S/C13H20N4O7S/c18-11(15-23-8-1-4-14-6-8)9-5-13(2-3-13)10-7-16(9)12(19)17(10)24-25(20,21)22/h8-10,14H,1-7H2,(H,15,18)(H,20,21,22)/t8?,9-,10-/m0/s1. The molecule has 140 valence electrons. The highest BCUT2D eigenvalue weighted by atomic mass is 32.3. The van der Waals surface area contributed by atoms with E-state index >= 15 is 0 Å². The van der Waals surface area contributed by atoms with Gasteiger partial charge in [0.25, 0.3) is 5.91 Å². The van der Waals surface area contributed by atoms with Crippen LogP contribution in [0.2, 0.25) is 0 Å². The van der Waals surface area contributed by atoms with Gasteiger partial charge in [-0.05, 0) is 37.6 Å². The summed E-state index contributed by atoms with van der Waals surface area (Å²) in [6.07, 6.45) is 2.62. The van der Waals surface area contributed by atoms with Crippen LogP contribution in [0.5, 0.6) is 0 Å². The molecule has 25 heavy (non-hydrogen) atoms. The van der Waals surface area contributed by atoms with Crippen LogP contribution < -0.4 is 10.8 Å². The van der Waals surface area contributed by atoms with E-state index in [2.05, 4.69) is 15.1 Å². The van der Waals surface area contributed by atoms with Gasteiger partial charge in [-0.25, -0.2) is 10.3 Å². The second-order valence-corrected chi connectivity index (χ2v) is 8.06. The summed E-state index contributed by atoms with van der Waals surface area (Å²) in [7, 11) is -4.81. The van der Waals surface area contributed by atoms with Crippen molar-refractivity contribution in [3.05, 3.63) is 0 Å². The van der Waals surface area contributed by atoms with Crippen molar-refractivity contribution in [3.8, 4) is 0 Å². The average molecular weight is 376 g/mol. The Morgan fingerprint density at radius 1 is 1.40 bits per heavy atom. The molecule has 11 nitrogen and oxygen atoms in total. The van der Waals surface area contributed by atoms with Crippen LogP contribution in [0.25, 0.3) is 0 Å². The number of carbonyl (C=O) groups excluding carboxylic acids is 2. The van der Waals surface area contributed by atoms with Crippen molar-refractivity contribution in [1.82, 2.24) is 20.8 Å². The monoisotopic (exact) mass is 376 g/mol. The van der Waals surface area contributed by atoms with Gasteiger partial charge in [-0.2, -0.15) is 13.5 Å². The van der Waals surface area contributed by atoms with Crippen molar-refractivity contribution in [2.24, 2.45) is 5.41 Å². The predicted molar refractivity (Wildman–Crippen MR) is 80.9 cm³/mol. The molecule has 12 heteroatoms. The minimum Gasteiger partial charge on any atom is -0.314 e. The molecule has 2 bridgehead atoms. The number of hydroxylamine groups is 3. The summed E-state index contributed by atoms with van der Waals surface area (Å²) in [6, 6.07) is -1.99. The predicted octanol–water partition coefficient (Wildman–Crippen LogP) is -1.21. The number of urea groups is 1. The molecule has 1 unspecified atom stereocenters. The number of rotatable bonds is 5. The number of nitrogens with one attached hydrogen (secondary N) is 2. The van der Waals surface area contributed by atoms with E-state index in [1.807, 2.05) is 0 Å². The number of carbonyl (C=O) groups is 2. The molecule has 1 aliphatic carbocycles. The third kappa shape index (κ3) is 3.08. The lowest BCUT2D eigenvalue weighted by Crippen LogP contribution is -2.53. The van der Waals surface area contributed by atoms with E-state index in [9.17, 15) is 18.0 Å². The van der Waals surface area contributed by atoms with Gasteiger partial charge in [0, 0.05) is 13.1 Å². The Kier molecular flexibility index (Phi) is 3.92. The summed E-state index contributed by atoms with van der Waals surface area (Å²) in [5.74, 6) is -0.432. The molecule has 0 aromatic heterocycles. The molecule has 4 aliphatic rings. The van der Waals surface area contributed by atoms with Gasteiger partial charge in [-0.1, -0.05) is 0 Å². The van der Waals surface area contributed by atoms with Gasteiger partial charge in [0.15, 0.2) is 0 Å². The Labute approximate surface area is 144 Å². The van der Waals surface area contributed by atoms with E-state index in [4.69, 9.17) is 9.39 Å². The van der Waals surface area contributed by atoms with Crippen LogP contribution in [0.15, 0.2) is 0 Å². The molecular formula is C13H20N4O7S. The van der Waals surface area contributed by atoms with Crippen molar-refractivity contribution in [2.75, 3.05) is 19.6 Å². The zero-order chi connectivity index (χ0) is 17.8. The fourth-order valence-electron chi connectivity index (χ4n) is 3.99. The summed E-state index contributed by atoms with van der Waals surface area (Å²) >= 11 is 0. The Hall–Kier alpha value is -1.47. The largest absolute Gasteiger partial charge is 0.418 e. The Bertz CT molecular complexity index is 688. The lowest BCUT2D eigenvalue weighted by Gasteiger charge is -2.35. The highest BCUT2D eigenvalue weighted by molar-refractivity contribution is 7.80. The van der Waals surface area contributed by atoms with Crippen LogP contribution >= 0.6 is 0 Å². The second kappa shape index (κ2) is 5.77. The Morgan fingerprint density at radius 3 is 2.76 bits per heavy atom. The second-order valence-electron chi connectivity index (χ2n) is 7.06. The number of hydrogen-bond acceptors (Lipinski definition) is 7. The Balaban J connectivity index is 1.48. The first-order chi connectivity index (χ1) is 11.8. The average Bonchev–Trinajstić information content (AvgIpc) is 3.01. The molecule has 3 amide bonds. The highest BCUT2D eigenvalue weighted by Crippen LogP contribution is 2.59. The normalized spacial score (nSPS) is 33.2. The molecule has 4 fully saturated rings. The zero-order valence-electron chi connectivity index (χ0n) is 13.4. The minimum absolute atomic E-state index is 0.108. The van der Waals surface area contributed by atoms with Gasteiger partial charge >= 0.3 is 16.4 Å². The summed E-state index contributed by atoms with van der Waals surface area (Å²) in [5.41, 5.74) is 2.07. The first-order valence-corrected chi connectivity index (χ1v) is 9.59. The van der Waals surface area contributed by atoms with Gasteiger partial charge in [-0.15, -0.1) is 4.28 Å². The molecular weight excluding hydrogens is 356 g/mol. The maximum Gasteiger partial charge on any atom is 0.418 e. The van der Waals surface area contributed by atoms with Crippen molar-refractivity contribution in [3.63, 3.8) is 0 Å². The summed E-state index contributed by atoms with van der Waals surface area (Å²) < 4.78 is 35.5. The molecule has 0 aromatic rings. The molecule has 3 saturated heterocycles. The highest BCUT2D eigenvalue weighted by Gasteiger charge is 2.65. The van der Waals surface area contributed by atoms with Crippen LogP contribution in [0.4, 0.5) is 4.79 Å². The van der Waals surface area contributed by atoms with E-state index in [1.165, 1.54) is 4.90 Å². The first kappa shape index (κ1) is 17.0. The van der Waals surface area contributed by atoms with Crippen LogP contribution in [0.3, 0.4) is 0 Å². The SMILES string of the molecule is O=C(NOC1CCNC1)[C@@H]1CC2(CC2)[C@@H]2CN1C(=O)N2OS(=O)(=O)O. The van der Waals surface area contributed by atoms with Gasteiger partial charge in [0.2, 0.25) is 0 Å². The summed E-state index contributed by atoms with van der Waals surface area (Å²) in [5, 5.41) is 3.81. The van der Waals surface area contributed by atoms with Gasteiger partial charge in [0.1, 0.15) is 6.04 Å². The molecule has 0 aromatic carbocycles. The van der Waals surface area contributed by atoms with E-state index in [1.54, 1.807) is 0 Å². The van der Waals surface area contributed by atoms with Crippen LogP contribution in [-0.4, -0.2) is 72.7 Å². The van der Waals surface area contributed by atoms with Crippen molar-refractivity contribution in [2.45, 2.75) is 43.9 Å². The number of amides is 3. The lowest BCUT2D eigenvalue weighted by molar-refractivity contribution is -0.143. The molecule has 3 N–H and O–H groups in total. The summed E-state index contributed by atoms with van der Waals surface area (Å²) in [4.78, 5) is 31.6. The van der Waals surface area contributed by atoms with E-state index in [0.29, 0.717) is 18.0 Å². The van der Waals surface area contributed by atoms with E-state index in [0.717, 1.165) is 25.8 Å². The van der Waals surface area contributed by atoms with Gasteiger partial charge in [0.05, 0.1) is 12.1 Å². The summed E-state index contributed by atoms with van der Waals surface area (Å²) in [6.45, 7) is 1.65. The zero-order valence-corrected chi connectivity index (χ0v) is 14.2. The fraction of sp³-hybridized carbons (Fsp3) is 0.846. The number of fused-ring (bicyclic) bond motifs is 3. The molecule has 1 saturated carbocycles. The first-order valence-electron chi connectivity index (χ1n) is 8.22. The van der Waals surface area contributed by atoms with Crippen LogP contribution in [0.1, 0.15) is 25.7 Å². The van der Waals surface area contributed by atoms with Crippen molar-refractivity contribution in [1.29, 1.82) is 0 Å². The van der Waals surface area contributed by atoms with Gasteiger partial charge < -0.3 is 10.2 Å². The number of nitrogens with zero attached hydrogens (tertiary/aromatic N) is 2. The van der Waals surface area contributed by atoms with E-state index in [-0.39, 0.29) is 18.1 Å². The maximum absolute atomic E-state index is 12.5. The number of hydrogen-bond donors (Lipinski definition) is 3. The molecule has 3 aliphatic heterocycles. The molecule has 3 atom stereocenters. The van der Waals surface area contributed by atoms with Crippen LogP contribution in [-0.2, 0) is 24.3 Å². The topological polar surface area (TPSA) is 138 Å². The lowest BCUT2D eigenvalue weighted by atomic mass is 9.85. The van der Waals surface area contributed by atoms with E-state index < -0.39 is 34.4 Å². The molecule has 3 heterocycles.